The Hall–Kier alpha value is -1.45. The molecule has 1 amide bonds. The average molecular weight is 260 g/mol. The standard InChI is InChI=1S/C8H12N4O4S/c9-17(14,15)12-5-3-11(4-6-12)8(13)7-1-2-10-16-7/h1-2H,3-6H2,(H2,9,14,15). The summed E-state index contributed by atoms with van der Waals surface area (Å²) in [4.78, 5) is 13.3. The lowest BCUT2D eigenvalue weighted by atomic mass is 10.3. The number of piperazine rings is 1. The molecule has 0 saturated carbocycles. The van der Waals surface area contributed by atoms with Gasteiger partial charge in [-0.25, -0.2) is 5.14 Å². The van der Waals surface area contributed by atoms with Gasteiger partial charge in [0.2, 0.25) is 5.76 Å². The molecule has 1 aliphatic heterocycles. The monoisotopic (exact) mass is 260 g/mol. The van der Waals surface area contributed by atoms with Gasteiger partial charge in [0.05, 0.1) is 6.20 Å². The van der Waals surface area contributed by atoms with E-state index in [-0.39, 0.29) is 37.8 Å². The molecule has 0 unspecified atom stereocenters. The van der Waals surface area contributed by atoms with Crippen LogP contribution in [0.25, 0.3) is 0 Å². The van der Waals surface area contributed by atoms with Crippen LogP contribution in [0.3, 0.4) is 0 Å². The van der Waals surface area contributed by atoms with Gasteiger partial charge in [-0.2, -0.15) is 12.7 Å². The smallest absolute Gasteiger partial charge is 0.292 e. The molecule has 17 heavy (non-hydrogen) atoms. The van der Waals surface area contributed by atoms with Crippen LogP contribution < -0.4 is 5.14 Å². The van der Waals surface area contributed by atoms with E-state index in [0.717, 1.165) is 4.31 Å². The first-order valence-corrected chi connectivity index (χ1v) is 6.46. The lowest BCUT2D eigenvalue weighted by Gasteiger charge is -2.32. The van der Waals surface area contributed by atoms with Gasteiger partial charge < -0.3 is 9.42 Å². The van der Waals surface area contributed by atoms with Crippen LogP contribution >= 0.6 is 0 Å². The third kappa shape index (κ3) is 2.62. The number of aromatic nitrogens is 1. The van der Waals surface area contributed by atoms with Crippen LogP contribution in [0, 0.1) is 0 Å². The molecule has 0 radical (unpaired) electrons. The second-order valence-electron chi connectivity index (χ2n) is 3.61. The van der Waals surface area contributed by atoms with Crippen molar-refractivity contribution in [1.82, 2.24) is 14.4 Å². The topological polar surface area (TPSA) is 110 Å². The summed E-state index contributed by atoms with van der Waals surface area (Å²) < 4.78 is 28.0. The minimum atomic E-state index is -3.67. The number of nitrogens with two attached hydrogens (primary N) is 1. The largest absolute Gasteiger partial charge is 0.351 e. The molecule has 0 spiro atoms. The summed E-state index contributed by atoms with van der Waals surface area (Å²) in [5, 5.41) is 8.44. The molecule has 8 nitrogen and oxygen atoms in total. The first-order valence-electron chi connectivity index (χ1n) is 4.96. The van der Waals surface area contributed by atoms with Crippen LogP contribution in [0.15, 0.2) is 16.8 Å². The predicted molar refractivity (Wildman–Crippen MR) is 57.1 cm³/mol. The Kier molecular flexibility index (Phi) is 3.13. The average Bonchev–Trinajstić information content (AvgIpc) is 2.80. The Morgan fingerprint density at radius 2 is 2.00 bits per heavy atom. The van der Waals surface area contributed by atoms with E-state index in [2.05, 4.69) is 5.16 Å². The third-order valence-electron chi connectivity index (χ3n) is 2.53. The van der Waals surface area contributed by atoms with Crippen molar-refractivity contribution in [2.45, 2.75) is 0 Å². The van der Waals surface area contributed by atoms with Crippen molar-refractivity contribution < 1.29 is 17.7 Å². The van der Waals surface area contributed by atoms with Crippen LogP contribution in [-0.4, -0.2) is 54.9 Å². The van der Waals surface area contributed by atoms with Crippen LogP contribution in [0.1, 0.15) is 10.6 Å². The van der Waals surface area contributed by atoms with E-state index < -0.39 is 10.2 Å². The molecular weight excluding hydrogens is 248 g/mol. The first kappa shape index (κ1) is 12.0. The molecule has 9 heteroatoms. The fourth-order valence-corrected chi connectivity index (χ4v) is 2.30. The minimum absolute atomic E-state index is 0.147. The van der Waals surface area contributed by atoms with Crippen molar-refractivity contribution in [3.05, 3.63) is 18.0 Å². The van der Waals surface area contributed by atoms with E-state index in [9.17, 15) is 13.2 Å². The van der Waals surface area contributed by atoms with E-state index in [1.165, 1.54) is 17.2 Å². The molecular formula is C8H12N4O4S. The fraction of sp³-hybridized carbons (Fsp3) is 0.500. The summed E-state index contributed by atoms with van der Waals surface area (Å²) in [5.41, 5.74) is 0. The Morgan fingerprint density at radius 1 is 1.35 bits per heavy atom. The summed E-state index contributed by atoms with van der Waals surface area (Å²) in [5.74, 6) is -0.148. The lowest BCUT2D eigenvalue weighted by molar-refractivity contribution is 0.0656. The molecule has 2 rings (SSSR count). The maximum absolute atomic E-state index is 11.8. The highest BCUT2D eigenvalue weighted by atomic mass is 32.2. The summed E-state index contributed by atoms with van der Waals surface area (Å²) in [6, 6.07) is 1.47. The van der Waals surface area contributed by atoms with Crippen LogP contribution in [0.5, 0.6) is 0 Å². The number of carbonyl (C=O) groups is 1. The number of rotatable bonds is 2. The molecule has 0 aromatic carbocycles. The molecule has 1 aromatic heterocycles. The lowest BCUT2D eigenvalue weighted by Crippen LogP contribution is -2.52. The molecule has 1 saturated heterocycles. The second kappa shape index (κ2) is 4.43. The molecule has 0 atom stereocenters. The van der Waals surface area contributed by atoms with E-state index in [0.29, 0.717) is 0 Å². The summed E-state index contributed by atoms with van der Waals surface area (Å²) >= 11 is 0. The van der Waals surface area contributed by atoms with Crippen molar-refractivity contribution in [2.24, 2.45) is 5.14 Å². The van der Waals surface area contributed by atoms with Crippen LogP contribution in [0.4, 0.5) is 0 Å². The van der Waals surface area contributed by atoms with Gasteiger partial charge in [-0.3, -0.25) is 4.79 Å². The van der Waals surface area contributed by atoms with Gasteiger partial charge in [0, 0.05) is 32.2 Å². The summed E-state index contributed by atoms with van der Waals surface area (Å²) in [6.45, 7) is 0.962. The van der Waals surface area contributed by atoms with E-state index in [4.69, 9.17) is 9.66 Å². The molecule has 1 aliphatic rings. The Morgan fingerprint density at radius 3 is 2.47 bits per heavy atom. The molecule has 1 aromatic rings. The SMILES string of the molecule is NS(=O)(=O)N1CCN(C(=O)c2ccno2)CC1. The summed E-state index contributed by atoms with van der Waals surface area (Å²) in [7, 11) is -3.67. The van der Waals surface area contributed by atoms with Gasteiger partial charge in [-0.05, 0) is 0 Å². The Bertz CT molecular complexity index is 490. The molecule has 2 N–H and O–H groups in total. The van der Waals surface area contributed by atoms with Crippen molar-refractivity contribution >= 4 is 16.1 Å². The highest BCUT2D eigenvalue weighted by Gasteiger charge is 2.28. The maximum Gasteiger partial charge on any atom is 0.292 e. The Balaban J connectivity index is 1.98. The van der Waals surface area contributed by atoms with E-state index in [1.807, 2.05) is 0 Å². The van der Waals surface area contributed by atoms with Gasteiger partial charge in [0.25, 0.3) is 16.1 Å². The minimum Gasteiger partial charge on any atom is -0.351 e. The number of amides is 1. The number of carbonyl (C=O) groups excluding carboxylic acids is 1. The second-order valence-corrected chi connectivity index (χ2v) is 5.16. The highest BCUT2D eigenvalue weighted by Crippen LogP contribution is 2.09. The third-order valence-corrected chi connectivity index (χ3v) is 3.62. The highest BCUT2D eigenvalue weighted by molar-refractivity contribution is 7.86. The van der Waals surface area contributed by atoms with Crippen LogP contribution in [0.2, 0.25) is 0 Å². The van der Waals surface area contributed by atoms with Crippen molar-refractivity contribution in [2.75, 3.05) is 26.2 Å². The van der Waals surface area contributed by atoms with Crippen LogP contribution in [-0.2, 0) is 10.2 Å². The quantitative estimate of drug-likeness (QED) is 0.706. The molecule has 0 aliphatic carbocycles. The van der Waals surface area contributed by atoms with E-state index in [1.54, 1.807) is 0 Å². The fourth-order valence-electron chi connectivity index (χ4n) is 1.63. The first-order chi connectivity index (χ1) is 7.98. The zero-order valence-corrected chi connectivity index (χ0v) is 9.76. The van der Waals surface area contributed by atoms with Gasteiger partial charge in [0.1, 0.15) is 0 Å². The van der Waals surface area contributed by atoms with Gasteiger partial charge in [-0.15, -0.1) is 0 Å². The van der Waals surface area contributed by atoms with Crippen molar-refractivity contribution in [3.8, 4) is 0 Å². The maximum atomic E-state index is 11.8. The van der Waals surface area contributed by atoms with Gasteiger partial charge in [0.15, 0.2) is 0 Å². The molecule has 0 bridgehead atoms. The van der Waals surface area contributed by atoms with E-state index >= 15 is 0 Å². The Labute approximate surface area is 98.1 Å². The van der Waals surface area contributed by atoms with Crippen molar-refractivity contribution in [3.63, 3.8) is 0 Å². The van der Waals surface area contributed by atoms with Crippen molar-refractivity contribution in [1.29, 1.82) is 0 Å². The molecule has 2 heterocycles. The predicted octanol–water partition coefficient (Wildman–Crippen LogP) is -1.36. The normalized spacial score (nSPS) is 18.3. The number of hydrogen-bond acceptors (Lipinski definition) is 5. The summed E-state index contributed by atoms with van der Waals surface area (Å²) in [6.07, 6.45) is 1.38. The number of hydrogen-bond donors (Lipinski definition) is 1. The number of nitrogens with zero attached hydrogens (tertiary/aromatic N) is 3. The zero-order chi connectivity index (χ0) is 12.5. The van der Waals surface area contributed by atoms with Gasteiger partial charge >= 0.3 is 0 Å². The molecule has 1 fully saturated rings. The zero-order valence-electron chi connectivity index (χ0n) is 8.94. The van der Waals surface area contributed by atoms with Gasteiger partial charge in [-0.1, -0.05) is 5.16 Å². The molecule has 94 valence electrons.